The smallest absolute Gasteiger partial charge is 0.266 e. The number of nitrogens with zero attached hydrogens (tertiary/aromatic N) is 1. The maximum absolute atomic E-state index is 12.7. The van der Waals surface area contributed by atoms with E-state index in [-0.39, 0.29) is 28.0 Å². The van der Waals surface area contributed by atoms with Gasteiger partial charge in [-0.2, -0.15) is 5.26 Å². The van der Waals surface area contributed by atoms with Gasteiger partial charge in [0.25, 0.3) is 5.91 Å². The Balaban J connectivity index is 1.43. The molecule has 0 radical (unpaired) electrons. The van der Waals surface area contributed by atoms with E-state index in [0.717, 1.165) is 11.1 Å². The second kappa shape index (κ2) is 15.5. The van der Waals surface area contributed by atoms with Crippen molar-refractivity contribution < 1.29 is 23.7 Å². The summed E-state index contributed by atoms with van der Waals surface area (Å²) in [6, 6.07) is 27.4. The van der Waals surface area contributed by atoms with Crippen LogP contribution in [0.25, 0.3) is 6.08 Å². The molecule has 4 aromatic rings. The maximum Gasteiger partial charge on any atom is 0.266 e. The number of anilines is 1. The van der Waals surface area contributed by atoms with E-state index in [1.54, 1.807) is 36.4 Å². The minimum Gasteiger partial charge on any atom is -0.494 e. The fourth-order valence-electron chi connectivity index (χ4n) is 4.04. The van der Waals surface area contributed by atoms with Gasteiger partial charge in [-0.25, -0.2) is 0 Å². The molecule has 1 amide bonds. The summed E-state index contributed by atoms with van der Waals surface area (Å²) in [6.45, 7) is 5.39. The van der Waals surface area contributed by atoms with Crippen LogP contribution in [0.3, 0.4) is 0 Å². The first-order chi connectivity index (χ1) is 20.9. The summed E-state index contributed by atoms with van der Waals surface area (Å²) < 4.78 is 23.1. The van der Waals surface area contributed by atoms with Crippen LogP contribution >= 0.6 is 23.2 Å². The molecule has 0 aromatic heterocycles. The lowest BCUT2D eigenvalue weighted by atomic mass is 10.1. The molecule has 0 unspecified atom stereocenters. The van der Waals surface area contributed by atoms with Gasteiger partial charge in [0.05, 0.1) is 23.3 Å². The van der Waals surface area contributed by atoms with Crippen LogP contribution in [0.5, 0.6) is 23.0 Å². The monoisotopic (exact) mass is 616 g/mol. The van der Waals surface area contributed by atoms with Gasteiger partial charge in [-0.3, -0.25) is 4.79 Å². The standard InChI is InChI=1S/C34H30Cl2N2O5/c1-3-40-28-13-11-27(12-14-28)38-34(39)26(20-37)16-25-17-29(35)33(30(36)18-25)43-22-24-10-15-31(32(19-24)41-4-2)42-21-23-8-6-5-7-9-23/h5-19H,3-4,21-22H2,1-2H3,(H,38,39)/b26-16+. The Labute approximate surface area is 261 Å². The molecule has 0 saturated heterocycles. The summed E-state index contributed by atoms with van der Waals surface area (Å²) in [7, 11) is 0. The number of carbonyl (C=O) groups is 1. The molecular weight excluding hydrogens is 587 g/mol. The number of amides is 1. The fraction of sp³-hybridized carbons (Fsp3) is 0.176. The molecule has 9 heteroatoms. The molecule has 0 atom stereocenters. The number of ether oxygens (including phenoxy) is 4. The predicted molar refractivity (Wildman–Crippen MR) is 169 cm³/mol. The van der Waals surface area contributed by atoms with Crippen LogP contribution in [0, 0.1) is 11.3 Å². The third-order valence-electron chi connectivity index (χ3n) is 6.05. The highest BCUT2D eigenvalue weighted by Crippen LogP contribution is 2.36. The first-order valence-electron chi connectivity index (χ1n) is 13.6. The molecule has 0 aliphatic carbocycles. The van der Waals surface area contributed by atoms with E-state index in [1.165, 1.54) is 6.08 Å². The molecule has 0 bridgehead atoms. The van der Waals surface area contributed by atoms with E-state index in [0.29, 0.717) is 48.3 Å². The highest BCUT2D eigenvalue weighted by molar-refractivity contribution is 6.37. The van der Waals surface area contributed by atoms with Crippen LogP contribution in [-0.4, -0.2) is 19.1 Å². The summed E-state index contributed by atoms with van der Waals surface area (Å²) in [5, 5.41) is 12.8. The van der Waals surface area contributed by atoms with Gasteiger partial charge in [-0.05, 0) is 85.1 Å². The number of nitriles is 1. The van der Waals surface area contributed by atoms with E-state index in [1.807, 2.05) is 68.4 Å². The number of benzene rings is 4. The SMILES string of the molecule is CCOc1ccc(NC(=O)/C(C#N)=C/c2cc(Cl)c(OCc3ccc(OCc4ccccc4)c(OCC)c3)c(Cl)c2)cc1. The lowest BCUT2D eigenvalue weighted by Gasteiger charge is -2.15. The molecule has 220 valence electrons. The van der Waals surface area contributed by atoms with Crippen molar-refractivity contribution in [1.82, 2.24) is 0 Å². The van der Waals surface area contributed by atoms with Gasteiger partial charge in [-0.1, -0.05) is 59.6 Å². The Morgan fingerprint density at radius 1 is 0.791 bits per heavy atom. The molecule has 0 saturated carbocycles. The lowest BCUT2D eigenvalue weighted by Crippen LogP contribution is -2.13. The predicted octanol–water partition coefficient (Wildman–Crippen LogP) is 8.49. The van der Waals surface area contributed by atoms with Crippen LogP contribution in [0.2, 0.25) is 10.0 Å². The quantitative estimate of drug-likeness (QED) is 0.120. The van der Waals surface area contributed by atoms with Gasteiger partial charge >= 0.3 is 0 Å². The summed E-state index contributed by atoms with van der Waals surface area (Å²) >= 11 is 13.0. The fourth-order valence-corrected chi connectivity index (χ4v) is 4.65. The van der Waals surface area contributed by atoms with Crippen molar-refractivity contribution >= 4 is 40.9 Å². The van der Waals surface area contributed by atoms with E-state index in [4.69, 9.17) is 42.1 Å². The molecule has 4 rings (SSSR count). The summed E-state index contributed by atoms with van der Waals surface area (Å²) in [6.07, 6.45) is 1.41. The van der Waals surface area contributed by atoms with Crippen LogP contribution in [-0.2, 0) is 18.0 Å². The Morgan fingerprint density at radius 3 is 2.12 bits per heavy atom. The highest BCUT2D eigenvalue weighted by atomic mass is 35.5. The first-order valence-corrected chi connectivity index (χ1v) is 14.4. The van der Waals surface area contributed by atoms with Crippen LogP contribution in [0.1, 0.15) is 30.5 Å². The highest BCUT2D eigenvalue weighted by Gasteiger charge is 2.14. The largest absolute Gasteiger partial charge is 0.494 e. The number of hydrogen-bond donors (Lipinski definition) is 1. The zero-order valence-electron chi connectivity index (χ0n) is 23.7. The first kappa shape index (κ1) is 31.3. The van der Waals surface area contributed by atoms with Crippen LogP contribution < -0.4 is 24.3 Å². The van der Waals surface area contributed by atoms with Gasteiger partial charge in [0, 0.05) is 5.69 Å². The molecule has 7 nitrogen and oxygen atoms in total. The summed E-state index contributed by atoms with van der Waals surface area (Å²) in [5.74, 6) is 1.62. The molecule has 4 aromatic carbocycles. The van der Waals surface area contributed by atoms with Crippen LogP contribution in [0.15, 0.2) is 90.5 Å². The van der Waals surface area contributed by atoms with Crippen molar-refractivity contribution in [1.29, 1.82) is 5.26 Å². The van der Waals surface area contributed by atoms with E-state index in [2.05, 4.69) is 5.32 Å². The topological polar surface area (TPSA) is 89.8 Å². The Hall–Kier alpha value is -4.64. The van der Waals surface area contributed by atoms with Crippen molar-refractivity contribution in [3.05, 3.63) is 117 Å². The van der Waals surface area contributed by atoms with Crippen molar-refractivity contribution in [2.75, 3.05) is 18.5 Å². The van der Waals surface area contributed by atoms with E-state index < -0.39 is 5.91 Å². The molecule has 1 N–H and O–H groups in total. The second-order valence-corrected chi connectivity index (χ2v) is 9.99. The minimum atomic E-state index is -0.569. The molecule has 43 heavy (non-hydrogen) atoms. The third-order valence-corrected chi connectivity index (χ3v) is 6.61. The Kier molecular flexibility index (Phi) is 11.3. The summed E-state index contributed by atoms with van der Waals surface area (Å²) in [4.78, 5) is 12.7. The Morgan fingerprint density at radius 2 is 1.47 bits per heavy atom. The van der Waals surface area contributed by atoms with Gasteiger partial charge < -0.3 is 24.3 Å². The average Bonchev–Trinajstić information content (AvgIpc) is 3.00. The van der Waals surface area contributed by atoms with Gasteiger partial charge in [0.1, 0.15) is 30.6 Å². The van der Waals surface area contributed by atoms with Crippen molar-refractivity contribution in [2.45, 2.75) is 27.1 Å². The molecule has 0 heterocycles. The van der Waals surface area contributed by atoms with Gasteiger partial charge in [-0.15, -0.1) is 0 Å². The molecule has 0 aliphatic rings. The number of rotatable bonds is 13. The van der Waals surface area contributed by atoms with Crippen LogP contribution in [0.4, 0.5) is 5.69 Å². The lowest BCUT2D eigenvalue weighted by molar-refractivity contribution is -0.112. The molecule has 0 aliphatic heterocycles. The zero-order valence-corrected chi connectivity index (χ0v) is 25.2. The van der Waals surface area contributed by atoms with Gasteiger partial charge in [0.15, 0.2) is 17.2 Å². The van der Waals surface area contributed by atoms with Crippen molar-refractivity contribution in [3.63, 3.8) is 0 Å². The second-order valence-electron chi connectivity index (χ2n) is 9.17. The van der Waals surface area contributed by atoms with E-state index in [9.17, 15) is 10.1 Å². The molecule has 0 spiro atoms. The van der Waals surface area contributed by atoms with Crippen molar-refractivity contribution in [3.8, 4) is 29.1 Å². The van der Waals surface area contributed by atoms with Crippen molar-refractivity contribution in [2.24, 2.45) is 0 Å². The van der Waals surface area contributed by atoms with Gasteiger partial charge in [0.2, 0.25) is 0 Å². The molecular formula is C34H30Cl2N2O5. The van der Waals surface area contributed by atoms with E-state index >= 15 is 0 Å². The number of nitrogens with one attached hydrogen (secondary N) is 1. The Bertz CT molecular complexity index is 1590. The number of hydrogen-bond acceptors (Lipinski definition) is 6. The average molecular weight is 618 g/mol. The zero-order chi connectivity index (χ0) is 30.6. The number of carbonyl (C=O) groups excluding carboxylic acids is 1. The normalized spacial score (nSPS) is 10.9. The minimum absolute atomic E-state index is 0.118. The summed E-state index contributed by atoms with van der Waals surface area (Å²) in [5.41, 5.74) is 2.75. The number of halogens is 2. The maximum atomic E-state index is 12.7. The molecule has 0 fully saturated rings. The third kappa shape index (κ3) is 8.92.